The van der Waals surface area contributed by atoms with E-state index in [1.165, 1.54) is 12.1 Å². The summed E-state index contributed by atoms with van der Waals surface area (Å²) in [4.78, 5) is 0. The van der Waals surface area contributed by atoms with Gasteiger partial charge >= 0.3 is 0 Å². The van der Waals surface area contributed by atoms with Crippen LogP contribution in [0.5, 0.6) is 5.75 Å². The van der Waals surface area contributed by atoms with Crippen LogP contribution in [0.15, 0.2) is 16.6 Å². The first kappa shape index (κ1) is 11.7. The quantitative estimate of drug-likeness (QED) is 0.739. The molecule has 0 radical (unpaired) electrons. The Labute approximate surface area is 93.5 Å². The van der Waals surface area contributed by atoms with Gasteiger partial charge in [-0.15, -0.1) is 0 Å². The highest BCUT2D eigenvalue weighted by molar-refractivity contribution is 9.10. The fraction of sp³-hybridized carbons (Fsp3) is 0.400. The molecule has 0 heterocycles. The molecule has 4 heteroatoms. The molecule has 14 heavy (non-hydrogen) atoms. The predicted molar refractivity (Wildman–Crippen MR) is 62.8 cm³/mol. The number of aryl methyl sites for hydroxylation is 1. The summed E-state index contributed by atoms with van der Waals surface area (Å²) in [5, 5.41) is 0. The number of hydrogen-bond acceptors (Lipinski definition) is 1. The van der Waals surface area contributed by atoms with E-state index < -0.39 is 8.32 Å². The van der Waals surface area contributed by atoms with E-state index in [1.54, 1.807) is 0 Å². The second-order valence-electron chi connectivity index (χ2n) is 4.25. The fourth-order valence-corrected chi connectivity index (χ4v) is 2.77. The van der Waals surface area contributed by atoms with Crippen molar-refractivity contribution in [3.8, 4) is 5.75 Å². The minimum absolute atomic E-state index is 0.239. The molecule has 0 unspecified atom stereocenters. The minimum atomic E-state index is -1.63. The third-order valence-electron chi connectivity index (χ3n) is 1.60. The summed E-state index contributed by atoms with van der Waals surface area (Å²) in [7, 11) is -1.63. The standard InChI is InChI=1S/C10H14BrFOSi/c1-7-5-8(12)6-9(11)10(7)13-14(2,3)4/h5-6H,1-4H3. The van der Waals surface area contributed by atoms with Crippen molar-refractivity contribution in [1.29, 1.82) is 0 Å². The normalized spacial score (nSPS) is 11.6. The molecular formula is C10H14BrFOSi. The molecule has 0 amide bonds. The maximum Gasteiger partial charge on any atom is 0.242 e. The average Bonchev–Trinajstić information content (AvgIpc) is 1.95. The highest BCUT2D eigenvalue weighted by Gasteiger charge is 2.19. The van der Waals surface area contributed by atoms with Crippen molar-refractivity contribution in [3.63, 3.8) is 0 Å². The van der Waals surface area contributed by atoms with Gasteiger partial charge in [-0.3, -0.25) is 0 Å². The maximum atomic E-state index is 13.0. The number of rotatable bonds is 2. The molecule has 0 saturated carbocycles. The monoisotopic (exact) mass is 276 g/mol. The van der Waals surface area contributed by atoms with E-state index >= 15 is 0 Å². The van der Waals surface area contributed by atoms with Crippen LogP contribution in [0.2, 0.25) is 19.6 Å². The van der Waals surface area contributed by atoms with Gasteiger partial charge in [0.05, 0.1) is 4.47 Å². The molecule has 1 aromatic rings. The highest BCUT2D eigenvalue weighted by atomic mass is 79.9. The molecule has 0 saturated heterocycles. The Balaban J connectivity index is 3.09. The maximum absolute atomic E-state index is 13.0. The van der Waals surface area contributed by atoms with Gasteiger partial charge in [-0.2, -0.15) is 0 Å². The van der Waals surface area contributed by atoms with Crippen molar-refractivity contribution in [3.05, 3.63) is 28.0 Å². The van der Waals surface area contributed by atoms with Gasteiger partial charge in [-0.05, 0) is 60.2 Å². The van der Waals surface area contributed by atoms with Crippen molar-refractivity contribution in [2.75, 3.05) is 0 Å². The molecule has 78 valence electrons. The third kappa shape index (κ3) is 3.10. The van der Waals surface area contributed by atoms with E-state index in [2.05, 4.69) is 35.6 Å². The zero-order valence-corrected chi connectivity index (χ0v) is 11.4. The average molecular weight is 277 g/mol. The van der Waals surface area contributed by atoms with Crippen molar-refractivity contribution < 1.29 is 8.82 Å². The summed E-state index contributed by atoms with van der Waals surface area (Å²) in [6.45, 7) is 8.15. The minimum Gasteiger partial charge on any atom is -0.543 e. The second-order valence-corrected chi connectivity index (χ2v) is 9.53. The molecule has 0 fully saturated rings. The first-order chi connectivity index (χ1) is 6.29. The van der Waals surface area contributed by atoms with E-state index in [1.807, 2.05) is 6.92 Å². The van der Waals surface area contributed by atoms with Gasteiger partial charge in [0.15, 0.2) is 0 Å². The Bertz CT molecular complexity index is 323. The van der Waals surface area contributed by atoms with E-state index in [4.69, 9.17) is 4.43 Å². The summed E-state index contributed by atoms with van der Waals surface area (Å²) in [6.07, 6.45) is 0. The summed E-state index contributed by atoms with van der Waals surface area (Å²) in [5.41, 5.74) is 0.833. The van der Waals surface area contributed by atoms with E-state index in [0.29, 0.717) is 4.47 Å². The molecule has 1 aromatic carbocycles. The molecule has 1 nitrogen and oxygen atoms in total. The molecule has 1 rings (SSSR count). The Kier molecular flexibility index (Phi) is 3.37. The Morgan fingerprint density at radius 1 is 1.29 bits per heavy atom. The predicted octanol–water partition coefficient (Wildman–Crippen LogP) is 4.11. The molecular weight excluding hydrogens is 263 g/mol. The van der Waals surface area contributed by atoms with Gasteiger partial charge in [-0.25, -0.2) is 4.39 Å². The van der Waals surface area contributed by atoms with Gasteiger partial charge in [0.1, 0.15) is 11.6 Å². The van der Waals surface area contributed by atoms with Crippen molar-refractivity contribution in [2.45, 2.75) is 26.6 Å². The van der Waals surface area contributed by atoms with Crippen molar-refractivity contribution in [2.24, 2.45) is 0 Å². The first-order valence-corrected chi connectivity index (χ1v) is 8.64. The van der Waals surface area contributed by atoms with Crippen LogP contribution in [0, 0.1) is 12.7 Å². The topological polar surface area (TPSA) is 9.23 Å². The van der Waals surface area contributed by atoms with Crippen LogP contribution in [-0.4, -0.2) is 8.32 Å². The van der Waals surface area contributed by atoms with Crippen LogP contribution >= 0.6 is 15.9 Å². The summed E-state index contributed by atoms with van der Waals surface area (Å²) < 4.78 is 19.5. The van der Waals surface area contributed by atoms with E-state index in [-0.39, 0.29) is 5.82 Å². The molecule has 0 aliphatic carbocycles. The van der Waals surface area contributed by atoms with Crippen LogP contribution in [0.3, 0.4) is 0 Å². The third-order valence-corrected chi connectivity index (χ3v) is 3.01. The van der Waals surface area contributed by atoms with Crippen LogP contribution in [0.25, 0.3) is 0 Å². The van der Waals surface area contributed by atoms with Crippen LogP contribution in [0.1, 0.15) is 5.56 Å². The smallest absolute Gasteiger partial charge is 0.242 e. The number of hydrogen-bond donors (Lipinski definition) is 0. The van der Waals surface area contributed by atoms with Gasteiger partial charge in [0, 0.05) is 0 Å². The largest absolute Gasteiger partial charge is 0.543 e. The van der Waals surface area contributed by atoms with Gasteiger partial charge in [-0.1, -0.05) is 0 Å². The van der Waals surface area contributed by atoms with E-state index in [9.17, 15) is 4.39 Å². The zero-order valence-electron chi connectivity index (χ0n) is 8.82. The lowest BCUT2D eigenvalue weighted by Gasteiger charge is -2.21. The van der Waals surface area contributed by atoms with Gasteiger partial charge in [0.25, 0.3) is 0 Å². The second kappa shape index (κ2) is 4.02. The number of halogens is 2. The van der Waals surface area contributed by atoms with Gasteiger partial charge in [0.2, 0.25) is 8.32 Å². The SMILES string of the molecule is Cc1cc(F)cc(Br)c1O[Si](C)(C)C. The van der Waals surface area contributed by atoms with Crippen LogP contribution in [-0.2, 0) is 0 Å². The lowest BCUT2D eigenvalue weighted by atomic mass is 10.2. The first-order valence-electron chi connectivity index (χ1n) is 4.44. The molecule has 0 aromatic heterocycles. The molecule has 0 aliphatic heterocycles. The Morgan fingerprint density at radius 2 is 1.86 bits per heavy atom. The van der Waals surface area contributed by atoms with E-state index in [0.717, 1.165) is 11.3 Å². The summed E-state index contributed by atoms with van der Waals surface area (Å²) >= 11 is 3.31. The zero-order chi connectivity index (χ0) is 10.9. The molecule has 0 bridgehead atoms. The molecule has 0 N–H and O–H groups in total. The number of benzene rings is 1. The highest BCUT2D eigenvalue weighted by Crippen LogP contribution is 2.31. The van der Waals surface area contributed by atoms with Crippen LogP contribution in [0.4, 0.5) is 4.39 Å². The summed E-state index contributed by atoms with van der Waals surface area (Å²) in [5.74, 6) is 0.530. The Morgan fingerprint density at radius 3 is 2.29 bits per heavy atom. The molecule has 0 aliphatic rings. The summed E-state index contributed by atoms with van der Waals surface area (Å²) in [6, 6.07) is 2.92. The molecule has 0 atom stereocenters. The lowest BCUT2D eigenvalue weighted by molar-refractivity contribution is 0.543. The molecule has 0 spiro atoms. The van der Waals surface area contributed by atoms with Crippen LogP contribution < -0.4 is 4.43 Å². The fourth-order valence-electron chi connectivity index (χ4n) is 1.12. The van der Waals surface area contributed by atoms with Gasteiger partial charge < -0.3 is 4.43 Å². The lowest BCUT2D eigenvalue weighted by Crippen LogP contribution is -2.29. The Hall–Kier alpha value is -0.353. The van der Waals surface area contributed by atoms with Crippen molar-refractivity contribution in [1.82, 2.24) is 0 Å². The van der Waals surface area contributed by atoms with Crippen molar-refractivity contribution >= 4 is 24.2 Å².